The molecule has 1 saturated heterocycles. The average Bonchev–Trinajstić information content (AvgIpc) is 3.39. The minimum atomic E-state index is -0.0763. The number of para-hydroxylation sites is 2. The van der Waals surface area contributed by atoms with Crippen molar-refractivity contribution in [3.8, 4) is 0 Å². The molecule has 1 amide bonds. The molecule has 0 bridgehead atoms. The zero-order chi connectivity index (χ0) is 19.5. The highest BCUT2D eigenvalue weighted by molar-refractivity contribution is 5.98. The lowest BCUT2D eigenvalue weighted by Crippen LogP contribution is -2.55. The maximum atomic E-state index is 13.1. The number of anilines is 2. The van der Waals surface area contributed by atoms with Crippen molar-refractivity contribution in [3.05, 3.63) is 30.6 Å². The summed E-state index contributed by atoms with van der Waals surface area (Å²) in [6.45, 7) is 5.37. The van der Waals surface area contributed by atoms with Crippen molar-refractivity contribution in [2.45, 2.75) is 20.0 Å². The van der Waals surface area contributed by atoms with Gasteiger partial charge in [-0.15, -0.1) is 5.10 Å². The second-order valence-electron chi connectivity index (χ2n) is 7.42. The summed E-state index contributed by atoms with van der Waals surface area (Å²) in [5.74, 6) is 1.54. The van der Waals surface area contributed by atoms with Crippen LogP contribution in [0.3, 0.4) is 0 Å². The molecule has 0 saturated carbocycles. The molecule has 2 aliphatic rings. The number of benzene rings is 1. The van der Waals surface area contributed by atoms with Gasteiger partial charge in [-0.1, -0.05) is 17.3 Å². The first-order valence-electron chi connectivity index (χ1n) is 9.80. The van der Waals surface area contributed by atoms with Crippen LogP contribution in [0, 0.1) is 5.92 Å². The van der Waals surface area contributed by atoms with E-state index in [0.29, 0.717) is 31.7 Å². The Balaban J connectivity index is 1.23. The average molecular weight is 389 g/mol. The number of hydrogen-bond donors (Lipinski definition) is 0. The zero-order valence-corrected chi connectivity index (χ0v) is 15.9. The van der Waals surface area contributed by atoms with Gasteiger partial charge in [-0.05, 0) is 19.1 Å². The number of amides is 1. The number of rotatable bonds is 3. The van der Waals surface area contributed by atoms with Crippen LogP contribution in [0.25, 0.3) is 22.2 Å². The number of carbonyl (C=O) groups is 1. The number of aromatic nitrogens is 7. The molecule has 146 valence electrons. The maximum absolute atomic E-state index is 13.1. The van der Waals surface area contributed by atoms with Crippen LogP contribution in [-0.2, 0) is 17.9 Å². The predicted octanol–water partition coefficient (Wildman–Crippen LogP) is 1.07. The van der Waals surface area contributed by atoms with Gasteiger partial charge in [-0.2, -0.15) is 0 Å². The third-order valence-corrected chi connectivity index (χ3v) is 5.80. The fourth-order valence-corrected chi connectivity index (χ4v) is 4.25. The molecule has 1 fully saturated rings. The molecule has 2 aliphatic heterocycles. The van der Waals surface area contributed by atoms with Crippen LogP contribution in [0.1, 0.15) is 6.92 Å². The number of nitrogens with zero attached hydrogens (tertiary/aromatic N) is 9. The molecule has 5 heterocycles. The molecule has 0 unspecified atom stereocenters. The topological polar surface area (TPSA) is 97.9 Å². The fraction of sp³-hybridized carbons (Fsp3) is 0.368. The van der Waals surface area contributed by atoms with E-state index in [2.05, 4.69) is 40.8 Å². The van der Waals surface area contributed by atoms with Gasteiger partial charge in [0, 0.05) is 32.7 Å². The molecule has 1 aromatic carbocycles. The normalized spacial score (nSPS) is 16.6. The number of imidazole rings is 1. The quantitative estimate of drug-likeness (QED) is 0.517. The summed E-state index contributed by atoms with van der Waals surface area (Å²) in [5.41, 5.74) is 3.41. The van der Waals surface area contributed by atoms with Crippen LogP contribution >= 0.6 is 0 Å². The molecule has 10 nitrogen and oxygen atoms in total. The van der Waals surface area contributed by atoms with Gasteiger partial charge in [0.2, 0.25) is 11.9 Å². The lowest BCUT2D eigenvalue weighted by molar-refractivity contribution is -0.123. The Kier molecular flexibility index (Phi) is 3.37. The van der Waals surface area contributed by atoms with E-state index in [1.165, 1.54) is 6.33 Å². The van der Waals surface area contributed by atoms with Crippen LogP contribution in [-0.4, -0.2) is 60.1 Å². The SMILES string of the molecule is CCn1nnc2c(N3CC(C(=O)N4CCn5c4nc4ccccc45)C3)ncnc21. The molecule has 0 spiro atoms. The minimum absolute atomic E-state index is 0.0763. The van der Waals surface area contributed by atoms with E-state index >= 15 is 0 Å². The smallest absolute Gasteiger partial charge is 0.236 e. The van der Waals surface area contributed by atoms with E-state index in [1.807, 2.05) is 30.0 Å². The largest absolute Gasteiger partial charge is 0.353 e. The van der Waals surface area contributed by atoms with E-state index in [4.69, 9.17) is 0 Å². The highest BCUT2D eigenvalue weighted by Crippen LogP contribution is 2.32. The van der Waals surface area contributed by atoms with Gasteiger partial charge in [-0.3, -0.25) is 9.69 Å². The van der Waals surface area contributed by atoms with Crippen molar-refractivity contribution in [1.29, 1.82) is 0 Å². The molecule has 0 atom stereocenters. The summed E-state index contributed by atoms with van der Waals surface area (Å²) in [7, 11) is 0. The summed E-state index contributed by atoms with van der Waals surface area (Å²) in [5, 5.41) is 8.36. The molecular weight excluding hydrogens is 370 g/mol. The van der Waals surface area contributed by atoms with Crippen LogP contribution in [0.2, 0.25) is 0 Å². The standard InChI is InChI=1S/C19H19N9O/c1-2-28-17-15(23-24-28)16(20-11-21-17)25-9-12(10-25)18(29)27-8-7-26-14-6-4-3-5-13(14)22-19(26)27/h3-6,11-12H,2,7-10H2,1H3. The Bertz CT molecular complexity index is 1250. The number of aryl methyl sites for hydroxylation is 1. The van der Waals surface area contributed by atoms with Gasteiger partial charge in [0.25, 0.3) is 0 Å². The molecule has 0 radical (unpaired) electrons. The van der Waals surface area contributed by atoms with Crippen LogP contribution in [0.5, 0.6) is 0 Å². The highest BCUT2D eigenvalue weighted by Gasteiger charge is 2.40. The first-order valence-corrected chi connectivity index (χ1v) is 9.80. The van der Waals surface area contributed by atoms with Gasteiger partial charge in [0.1, 0.15) is 6.33 Å². The summed E-state index contributed by atoms with van der Waals surface area (Å²) < 4.78 is 3.87. The Morgan fingerprint density at radius 2 is 2.03 bits per heavy atom. The summed E-state index contributed by atoms with van der Waals surface area (Å²) in [6, 6.07) is 8.01. The number of hydrogen-bond acceptors (Lipinski definition) is 7. The number of carbonyl (C=O) groups excluding carboxylic acids is 1. The molecule has 0 N–H and O–H groups in total. The molecule has 3 aromatic heterocycles. The monoisotopic (exact) mass is 389 g/mol. The van der Waals surface area contributed by atoms with Gasteiger partial charge < -0.3 is 9.47 Å². The summed E-state index contributed by atoms with van der Waals surface area (Å²) in [4.78, 5) is 30.4. The van der Waals surface area contributed by atoms with Gasteiger partial charge in [0.05, 0.1) is 17.0 Å². The number of fused-ring (bicyclic) bond motifs is 4. The van der Waals surface area contributed by atoms with Crippen molar-refractivity contribution in [2.24, 2.45) is 5.92 Å². The van der Waals surface area contributed by atoms with Crippen molar-refractivity contribution >= 4 is 39.9 Å². The first kappa shape index (κ1) is 16.4. The van der Waals surface area contributed by atoms with E-state index in [0.717, 1.165) is 35.0 Å². The third-order valence-electron chi connectivity index (χ3n) is 5.80. The third kappa shape index (κ3) is 2.28. The van der Waals surface area contributed by atoms with Crippen molar-refractivity contribution < 1.29 is 4.79 Å². The molecule has 29 heavy (non-hydrogen) atoms. The van der Waals surface area contributed by atoms with Crippen molar-refractivity contribution in [1.82, 2.24) is 34.5 Å². The summed E-state index contributed by atoms with van der Waals surface area (Å²) in [6.07, 6.45) is 1.53. The van der Waals surface area contributed by atoms with Gasteiger partial charge >= 0.3 is 0 Å². The predicted molar refractivity (Wildman–Crippen MR) is 107 cm³/mol. The lowest BCUT2D eigenvalue weighted by Gasteiger charge is -2.40. The molecule has 10 heteroatoms. The Morgan fingerprint density at radius 3 is 2.90 bits per heavy atom. The van der Waals surface area contributed by atoms with E-state index in [-0.39, 0.29) is 11.8 Å². The lowest BCUT2D eigenvalue weighted by atomic mass is 9.98. The Labute approximate surface area is 165 Å². The van der Waals surface area contributed by atoms with Crippen LogP contribution in [0.15, 0.2) is 30.6 Å². The van der Waals surface area contributed by atoms with Crippen LogP contribution in [0.4, 0.5) is 11.8 Å². The van der Waals surface area contributed by atoms with Crippen LogP contribution < -0.4 is 9.80 Å². The second kappa shape index (κ2) is 5.97. The summed E-state index contributed by atoms with van der Waals surface area (Å²) >= 11 is 0. The molecule has 6 rings (SSSR count). The minimum Gasteiger partial charge on any atom is -0.353 e. The van der Waals surface area contributed by atoms with E-state index in [1.54, 1.807) is 4.68 Å². The van der Waals surface area contributed by atoms with Gasteiger partial charge in [-0.25, -0.2) is 19.6 Å². The van der Waals surface area contributed by atoms with E-state index in [9.17, 15) is 4.79 Å². The molecule has 0 aliphatic carbocycles. The fourth-order valence-electron chi connectivity index (χ4n) is 4.25. The Morgan fingerprint density at radius 1 is 1.17 bits per heavy atom. The maximum Gasteiger partial charge on any atom is 0.236 e. The molecule has 4 aromatic rings. The van der Waals surface area contributed by atoms with E-state index < -0.39 is 0 Å². The molecular formula is C19H19N9O. The second-order valence-corrected chi connectivity index (χ2v) is 7.42. The zero-order valence-electron chi connectivity index (χ0n) is 15.9. The Hall–Kier alpha value is -3.56. The highest BCUT2D eigenvalue weighted by atomic mass is 16.2. The first-order chi connectivity index (χ1) is 14.2. The van der Waals surface area contributed by atoms with Crippen molar-refractivity contribution in [3.63, 3.8) is 0 Å². The van der Waals surface area contributed by atoms with Crippen molar-refractivity contribution in [2.75, 3.05) is 29.4 Å². The van der Waals surface area contributed by atoms with Gasteiger partial charge in [0.15, 0.2) is 17.0 Å².